The predicted octanol–water partition coefficient (Wildman–Crippen LogP) is 6.31. The third kappa shape index (κ3) is 6.11. The SMILES string of the molecule is COc1ccc(/C=C/C(=O)c2ccc(N3CCOCC3)cc2)cc1COc1ccc(Cl)cc1Cl. The summed E-state index contributed by atoms with van der Waals surface area (Å²) in [7, 11) is 1.60. The first-order valence-corrected chi connectivity index (χ1v) is 11.7. The van der Waals surface area contributed by atoms with Crippen LogP contribution in [0.4, 0.5) is 5.69 Å². The summed E-state index contributed by atoms with van der Waals surface area (Å²) < 4.78 is 16.7. The summed E-state index contributed by atoms with van der Waals surface area (Å²) >= 11 is 12.1. The smallest absolute Gasteiger partial charge is 0.185 e. The van der Waals surface area contributed by atoms with Crippen LogP contribution in [0.5, 0.6) is 11.5 Å². The highest BCUT2D eigenvalue weighted by molar-refractivity contribution is 6.35. The summed E-state index contributed by atoms with van der Waals surface area (Å²) in [6, 6.07) is 18.4. The highest BCUT2D eigenvalue weighted by atomic mass is 35.5. The second-order valence-electron chi connectivity index (χ2n) is 7.78. The topological polar surface area (TPSA) is 48.0 Å². The molecule has 0 amide bonds. The Kier molecular flexibility index (Phi) is 8.12. The number of methoxy groups -OCH3 is 1. The van der Waals surface area contributed by atoms with Crippen LogP contribution < -0.4 is 14.4 Å². The molecule has 3 aromatic rings. The van der Waals surface area contributed by atoms with E-state index < -0.39 is 0 Å². The van der Waals surface area contributed by atoms with Crippen molar-refractivity contribution in [3.63, 3.8) is 0 Å². The minimum absolute atomic E-state index is 0.0601. The Balaban J connectivity index is 1.43. The number of nitrogens with zero attached hydrogens (tertiary/aromatic N) is 1. The Morgan fingerprint density at radius 3 is 2.44 bits per heavy atom. The summed E-state index contributed by atoms with van der Waals surface area (Å²) in [6.45, 7) is 3.43. The lowest BCUT2D eigenvalue weighted by Gasteiger charge is -2.28. The highest BCUT2D eigenvalue weighted by Gasteiger charge is 2.12. The second-order valence-corrected chi connectivity index (χ2v) is 8.62. The Bertz CT molecular complexity index is 1170. The van der Waals surface area contributed by atoms with Gasteiger partial charge in [0.2, 0.25) is 0 Å². The van der Waals surface area contributed by atoms with Gasteiger partial charge in [-0.1, -0.05) is 35.3 Å². The molecule has 1 heterocycles. The molecule has 0 aliphatic carbocycles. The van der Waals surface area contributed by atoms with Crippen LogP contribution in [-0.4, -0.2) is 39.2 Å². The van der Waals surface area contributed by atoms with Gasteiger partial charge in [0.15, 0.2) is 5.78 Å². The van der Waals surface area contributed by atoms with Crippen LogP contribution in [0.2, 0.25) is 10.0 Å². The zero-order valence-electron chi connectivity index (χ0n) is 18.8. The average molecular weight is 498 g/mol. The number of hydrogen-bond acceptors (Lipinski definition) is 5. The summed E-state index contributed by atoms with van der Waals surface area (Å²) in [4.78, 5) is 14.9. The molecule has 0 unspecified atom stereocenters. The van der Waals surface area contributed by atoms with Crippen LogP contribution in [0, 0.1) is 0 Å². The van der Waals surface area contributed by atoms with Gasteiger partial charge in [-0.25, -0.2) is 0 Å². The first-order valence-electron chi connectivity index (χ1n) is 10.9. The van der Waals surface area contributed by atoms with E-state index in [1.165, 1.54) is 0 Å². The molecule has 34 heavy (non-hydrogen) atoms. The van der Waals surface area contributed by atoms with Crippen LogP contribution in [0.15, 0.2) is 66.7 Å². The number of hydrogen-bond donors (Lipinski definition) is 0. The molecule has 0 bridgehead atoms. The summed E-state index contributed by atoms with van der Waals surface area (Å²) in [5, 5.41) is 0.982. The van der Waals surface area contributed by atoms with E-state index in [-0.39, 0.29) is 12.4 Å². The molecule has 0 aromatic heterocycles. The number of carbonyl (C=O) groups is 1. The quantitative estimate of drug-likeness (QED) is 0.269. The van der Waals surface area contributed by atoms with Crippen LogP contribution in [-0.2, 0) is 11.3 Å². The van der Waals surface area contributed by atoms with Gasteiger partial charge in [0.1, 0.15) is 18.1 Å². The number of ketones is 1. The largest absolute Gasteiger partial charge is 0.496 e. The molecule has 1 saturated heterocycles. The van der Waals surface area contributed by atoms with Gasteiger partial charge in [-0.2, -0.15) is 0 Å². The molecule has 0 spiro atoms. The van der Waals surface area contributed by atoms with E-state index in [9.17, 15) is 4.79 Å². The van der Waals surface area contributed by atoms with E-state index in [1.807, 2.05) is 42.5 Å². The standard InChI is InChI=1S/C27H25Cl2NO4/c1-32-26-10-3-19(16-21(26)18-34-27-11-6-22(28)17-24(27)29)2-9-25(31)20-4-7-23(8-5-20)30-12-14-33-15-13-30/h2-11,16-17H,12-15,18H2,1H3/b9-2+. The van der Waals surface area contributed by atoms with Gasteiger partial charge in [-0.3, -0.25) is 4.79 Å². The number of allylic oxidation sites excluding steroid dienone is 1. The van der Waals surface area contributed by atoms with E-state index in [0.29, 0.717) is 27.1 Å². The zero-order chi connectivity index (χ0) is 23.9. The van der Waals surface area contributed by atoms with Gasteiger partial charge >= 0.3 is 0 Å². The zero-order valence-corrected chi connectivity index (χ0v) is 20.3. The van der Waals surface area contributed by atoms with Crippen molar-refractivity contribution in [3.8, 4) is 11.5 Å². The monoisotopic (exact) mass is 497 g/mol. The molecule has 3 aromatic carbocycles. The lowest BCUT2D eigenvalue weighted by atomic mass is 10.1. The number of carbonyl (C=O) groups excluding carboxylic acids is 1. The van der Waals surface area contributed by atoms with Crippen molar-refractivity contribution in [1.82, 2.24) is 0 Å². The Morgan fingerprint density at radius 1 is 1.00 bits per heavy atom. The van der Waals surface area contributed by atoms with Crippen LogP contribution in [0.3, 0.4) is 0 Å². The van der Waals surface area contributed by atoms with Gasteiger partial charge in [0.25, 0.3) is 0 Å². The first-order chi connectivity index (χ1) is 16.5. The van der Waals surface area contributed by atoms with Gasteiger partial charge < -0.3 is 19.1 Å². The molecular weight excluding hydrogens is 473 g/mol. The van der Waals surface area contributed by atoms with Crippen molar-refractivity contribution < 1.29 is 19.0 Å². The predicted molar refractivity (Wildman–Crippen MR) is 137 cm³/mol. The maximum absolute atomic E-state index is 12.7. The Hall–Kier alpha value is -2.99. The molecule has 1 fully saturated rings. The van der Waals surface area contributed by atoms with Gasteiger partial charge in [0.05, 0.1) is 25.3 Å². The van der Waals surface area contributed by atoms with Crippen LogP contribution in [0.1, 0.15) is 21.5 Å². The fourth-order valence-corrected chi connectivity index (χ4v) is 4.15. The van der Waals surface area contributed by atoms with Crippen molar-refractivity contribution in [2.75, 3.05) is 38.3 Å². The van der Waals surface area contributed by atoms with Crippen LogP contribution >= 0.6 is 23.2 Å². The van der Waals surface area contributed by atoms with Gasteiger partial charge in [-0.15, -0.1) is 0 Å². The number of halogens is 2. The molecular formula is C27H25Cl2NO4. The molecule has 4 rings (SSSR count). The van der Waals surface area contributed by atoms with E-state index in [1.54, 1.807) is 37.5 Å². The summed E-state index contributed by atoms with van der Waals surface area (Å²) in [6.07, 6.45) is 3.36. The highest BCUT2D eigenvalue weighted by Crippen LogP contribution is 2.30. The Labute approximate surface area is 209 Å². The average Bonchev–Trinajstić information content (AvgIpc) is 2.87. The minimum Gasteiger partial charge on any atom is -0.496 e. The maximum Gasteiger partial charge on any atom is 0.185 e. The lowest BCUT2D eigenvalue weighted by Crippen LogP contribution is -2.36. The molecule has 7 heteroatoms. The fraction of sp³-hybridized carbons (Fsp3) is 0.222. The fourth-order valence-electron chi connectivity index (χ4n) is 3.69. The van der Waals surface area contributed by atoms with Crippen molar-refractivity contribution in [3.05, 3.63) is 93.5 Å². The number of rotatable bonds is 8. The number of morpholine rings is 1. The van der Waals surface area contributed by atoms with E-state index in [4.69, 9.17) is 37.4 Å². The summed E-state index contributed by atoms with van der Waals surface area (Å²) in [5.41, 5.74) is 3.44. The molecule has 0 radical (unpaired) electrons. The lowest BCUT2D eigenvalue weighted by molar-refractivity contribution is 0.104. The van der Waals surface area contributed by atoms with E-state index in [0.717, 1.165) is 43.1 Å². The second kappa shape index (κ2) is 11.4. The molecule has 1 aliphatic rings. The maximum atomic E-state index is 12.7. The van der Waals surface area contributed by atoms with Crippen molar-refractivity contribution in [2.45, 2.75) is 6.61 Å². The third-order valence-electron chi connectivity index (χ3n) is 5.54. The number of benzene rings is 3. The molecule has 176 valence electrons. The first kappa shape index (κ1) is 24.1. The number of anilines is 1. The number of ether oxygens (including phenoxy) is 3. The van der Waals surface area contributed by atoms with Gasteiger partial charge in [0, 0.05) is 34.9 Å². The van der Waals surface area contributed by atoms with E-state index in [2.05, 4.69) is 4.90 Å². The molecule has 1 aliphatic heterocycles. The minimum atomic E-state index is -0.0601. The van der Waals surface area contributed by atoms with Crippen LogP contribution in [0.25, 0.3) is 6.08 Å². The molecule has 5 nitrogen and oxygen atoms in total. The third-order valence-corrected chi connectivity index (χ3v) is 6.07. The van der Waals surface area contributed by atoms with Crippen molar-refractivity contribution in [2.24, 2.45) is 0 Å². The summed E-state index contributed by atoms with van der Waals surface area (Å²) in [5.74, 6) is 1.16. The Morgan fingerprint density at radius 2 is 1.74 bits per heavy atom. The van der Waals surface area contributed by atoms with Crippen molar-refractivity contribution >= 4 is 40.7 Å². The van der Waals surface area contributed by atoms with Crippen molar-refractivity contribution in [1.29, 1.82) is 0 Å². The van der Waals surface area contributed by atoms with Gasteiger partial charge in [-0.05, 0) is 66.2 Å². The molecule has 0 N–H and O–H groups in total. The normalized spacial score (nSPS) is 13.8. The van der Waals surface area contributed by atoms with E-state index >= 15 is 0 Å². The molecule has 0 saturated carbocycles. The molecule has 0 atom stereocenters.